The maximum atomic E-state index is 12.1. The molecule has 0 amide bonds. The molecule has 1 unspecified atom stereocenters. The summed E-state index contributed by atoms with van der Waals surface area (Å²) in [5, 5.41) is 11.0. The Hall–Kier alpha value is -3.70. The summed E-state index contributed by atoms with van der Waals surface area (Å²) < 4.78 is 13.7. The normalized spacial score (nSPS) is 17.9. The lowest BCUT2D eigenvalue weighted by molar-refractivity contribution is 0.00157. The van der Waals surface area contributed by atoms with Crippen LogP contribution < -0.4 is 0 Å². The lowest BCUT2D eigenvalue weighted by Crippen LogP contribution is -2.60. The van der Waals surface area contributed by atoms with Gasteiger partial charge in [-0.1, -0.05) is 42.2 Å². The Morgan fingerprint density at radius 2 is 1.79 bits per heavy atom. The standard InChI is InChI=1S/C32H31N3O3S/c1-39(38)35-21-32(22-35)14-17-34(18-15-32)20-24-7-5-23(6-8-24)9-10-26-3-2-4-28(31(36)37)30(26)27-12-11-25-13-16-33-29(25)19-27/h2-8,11-13,16,19,33H,14-15,17-18,20-22H2,1H3,(H,36,37). The highest BCUT2D eigenvalue weighted by atomic mass is 32.2. The van der Waals surface area contributed by atoms with Crippen molar-refractivity contribution in [3.63, 3.8) is 0 Å². The van der Waals surface area contributed by atoms with E-state index in [9.17, 15) is 14.1 Å². The summed E-state index contributed by atoms with van der Waals surface area (Å²) in [6.45, 7) is 4.99. The highest BCUT2D eigenvalue weighted by molar-refractivity contribution is 7.81. The monoisotopic (exact) mass is 537 g/mol. The maximum absolute atomic E-state index is 12.1. The molecule has 0 saturated carbocycles. The number of nitrogens with one attached hydrogen (secondary N) is 1. The number of H-pyrrole nitrogens is 1. The van der Waals surface area contributed by atoms with E-state index in [-0.39, 0.29) is 5.56 Å². The summed E-state index contributed by atoms with van der Waals surface area (Å²) in [6, 6.07) is 21.5. The van der Waals surface area contributed by atoms with Crippen molar-refractivity contribution >= 4 is 27.9 Å². The zero-order chi connectivity index (χ0) is 27.0. The number of aromatic nitrogens is 1. The molecule has 3 aromatic carbocycles. The summed E-state index contributed by atoms with van der Waals surface area (Å²) >= 11 is 0. The van der Waals surface area contributed by atoms with Crippen LogP contribution in [0.5, 0.6) is 0 Å². The molecule has 6 nitrogen and oxygen atoms in total. The first-order valence-electron chi connectivity index (χ1n) is 13.2. The van der Waals surface area contributed by atoms with Gasteiger partial charge in [-0.2, -0.15) is 0 Å². The Balaban J connectivity index is 1.16. The number of carbonyl (C=O) groups is 1. The van der Waals surface area contributed by atoms with Crippen LogP contribution in [-0.2, 0) is 17.5 Å². The molecule has 1 spiro atoms. The molecule has 4 aromatic rings. The van der Waals surface area contributed by atoms with E-state index in [2.05, 4.69) is 38.2 Å². The number of piperidine rings is 1. The van der Waals surface area contributed by atoms with E-state index in [4.69, 9.17) is 0 Å². The average Bonchev–Trinajstić information content (AvgIpc) is 3.39. The summed E-state index contributed by atoms with van der Waals surface area (Å²) in [4.78, 5) is 17.8. The molecule has 6 rings (SSSR count). The van der Waals surface area contributed by atoms with Crippen LogP contribution in [0.25, 0.3) is 22.0 Å². The van der Waals surface area contributed by atoms with Crippen molar-refractivity contribution in [1.29, 1.82) is 0 Å². The van der Waals surface area contributed by atoms with Crippen LogP contribution in [0.15, 0.2) is 72.9 Å². The van der Waals surface area contributed by atoms with E-state index in [0.29, 0.717) is 16.5 Å². The number of benzene rings is 3. The number of likely N-dealkylation sites (tertiary alicyclic amines) is 1. The van der Waals surface area contributed by atoms with Crippen molar-refractivity contribution < 1.29 is 14.1 Å². The van der Waals surface area contributed by atoms with E-state index < -0.39 is 17.0 Å². The molecule has 3 heterocycles. The van der Waals surface area contributed by atoms with E-state index in [1.807, 2.05) is 48.7 Å². The summed E-state index contributed by atoms with van der Waals surface area (Å²) in [5.41, 5.74) is 5.86. The number of carboxylic acids is 1. The van der Waals surface area contributed by atoms with Crippen molar-refractivity contribution in [2.24, 2.45) is 5.41 Å². The van der Waals surface area contributed by atoms with Gasteiger partial charge in [0, 0.05) is 59.7 Å². The van der Waals surface area contributed by atoms with Gasteiger partial charge in [0.25, 0.3) is 0 Å². The number of aromatic carboxylic acids is 1. The predicted octanol–water partition coefficient (Wildman–Crippen LogP) is 5.12. The van der Waals surface area contributed by atoms with Crippen molar-refractivity contribution in [2.45, 2.75) is 19.4 Å². The lowest BCUT2D eigenvalue weighted by atomic mass is 9.73. The first-order valence-corrected chi connectivity index (χ1v) is 14.8. The summed E-state index contributed by atoms with van der Waals surface area (Å²) in [5.74, 6) is 5.52. The van der Waals surface area contributed by atoms with E-state index in [0.717, 1.165) is 54.8 Å². The fraction of sp³-hybridized carbons (Fsp3) is 0.281. The van der Waals surface area contributed by atoms with Crippen LogP contribution in [0.2, 0.25) is 0 Å². The van der Waals surface area contributed by atoms with E-state index in [1.165, 1.54) is 18.4 Å². The second-order valence-corrected chi connectivity index (χ2v) is 12.1. The number of aromatic amines is 1. The zero-order valence-corrected chi connectivity index (χ0v) is 22.8. The van der Waals surface area contributed by atoms with Crippen molar-refractivity contribution in [3.8, 4) is 23.0 Å². The van der Waals surface area contributed by atoms with Gasteiger partial charge in [0.2, 0.25) is 0 Å². The number of fused-ring (bicyclic) bond motifs is 1. The van der Waals surface area contributed by atoms with E-state index >= 15 is 0 Å². The largest absolute Gasteiger partial charge is 0.478 e. The number of rotatable bonds is 5. The third-order valence-corrected chi connectivity index (χ3v) is 9.13. The van der Waals surface area contributed by atoms with Gasteiger partial charge in [-0.25, -0.2) is 13.3 Å². The third kappa shape index (κ3) is 5.28. The van der Waals surface area contributed by atoms with Crippen LogP contribution in [-0.4, -0.2) is 61.9 Å². The molecule has 2 fully saturated rings. The van der Waals surface area contributed by atoms with Crippen LogP contribution in [0.1, 0.15) is 39.9 Å². The Bertz CT molecular complexity index is 1610. The molecule has 39 heavy (non-hydrogen) atoms. The van der Waals surface area contributed by atoms with Gasteiger partial charge in [-0.15, -0.1) is 0 Å². The molecule has 0 bridgehead atoms. The van der Waals surface area contributed by atoms with Gasteiger partial charge < -0.3 is 10.1 Å². The number of hydrogen-bond donors (Lipinski definition) is 2. The second kappa shape index (κ2) is 10.5. The predicted molar refractivity (Wildman–Crippen MR) is 156 cm³/mol. The first kappa shape index (κ1) is 25.6. The van der Waals surface area contributed by atoms with Crippen molar-refractivity contribution in [1.82, 2.24) is 14.2 Å². The molecule has 2 aliphatic rings. The second-order valence-electron chi connectivity index (χ2n) is 10.8. The van der Waals surface area contributed by atoms with Gasteiger partial charge in [0.15, 0.2) is 0 Å². The summed E-state index contributed by atoms with van der Waals surface area (Å²) in [7, 11) is -0.845. The van der Waals surface area contributed by atoms with Crippen molar-refractivity contribution in [2.75, 3.05) is 32.4 Å². The molecule has 1 atom stereocenters. The van der Waals surface area contributed by atoms with Gasteiger partial charge in [0.05, 0.1) is 16.5 Å². The van der Waals surface area contributed by atoms with Crippen LogP contribution >= 0.6 is 0 Å². The minimum atomic E-state index is -0.969. The maximum Gasteiger partial charge on any atom is 0.336 e. The van der Waals surface area contributed by atoms with Crippen molar-refractivity contribution in [3.05, 3.63) is 95.2 Å². The highest BCUT2D eigenvalue weighted by Crippen LogP contribution is 2.41. The minimum absolute atomic E-state index is 0.240. The third-order valence-electron chi connectivity index (χ3n) is 8.14. The number of nitrogens with zero attached hydrogens (tertiary/aromatic N) is 2. The fourth-order valence-electron chi connectivity index (χ4n) is 5.83. The van der Waals surface area contributed by atoms with Crippen LogP contribution in [0, 0.1) is 17.3 Å². The molecule has 198 valence electrons. The van der Waals surface area contributed by atoms with Gasteiger partial charge in [-0.05, 0) is 78.8 Å². The zero-order valence-electron chi connectivity index (χ0n) is 21.9. The van der Waals surface area contributed by atoms with Crippen LogP contribution in [0.3, 0.4) is 0 Å². The Labute approximate surface area is 231 Å². The summed E-state index contributed by atoms with van der Waals surface area (Å²) in [6.07, 6.45) is 5.98. The smallest absolute Gasteiger partial charge is 0.336 e. The molecule has 0 aliphatic carbocycles. The number of carboxylic acid groups (broad SMARTS) is 1. The average molecular weight is 538 g/mol. The SMILES string of the molecule is CS(=O)N1CC2(CCN(Cc3ccc(C#Cc4cccc(C(=O)O)c4-c4ccc5cc[nH]c5c4)cc3)CC2)C1. The molecular weight excluding hydrogens is 506 g/mol. The molecule has 2 saturated heterocycles. The fourth-order valence-corrected chi connectivity index (χ4v) is 6.74. The molecule has 7 heteroatoms. The van der Waals surface area contributed by atoms with Gasteiger partial charge in [0.1, 0.15) is 0 Å². The molecule has 0 radical (unpaired) electrons. The first-order chi connectivity index (χ1) is 18.9. The topological polar surface area (TPSA) is 76.6 Å². The van der Waals surface area contributed by atoms with Crippen LogP contribution in [0.4, 0.5) is 0 Å². The van der Waals surface area contributed by atoms with Gasteiger partial charge in [-0.3, -0.25) is 4.90 Å². The minimum Gasteiger partial charge on any atom is -0.478 e. The van der Waals surface area contributed by atoms with Gasteiger partial charge >= 0.3 is 5.97 Å². The Morgan fingerprint density at radius 3 is 2.51 bits per heavy atom. The Morgan fingerprint density at radius 1 is 1.03 bits per heavy atom. The molecule has 1 aromatic heterocycles. The lowest BCUT2D eigenvalue weighted by Gasteiger charge is -2.52. The quantitative estimate of drug-likeness (QED) is 0.347. The van der Waals surface area contributed by atoms with E-state index in [1.54, 1.807) is 18.4 Å². The Kier molecular flexibility index (Phi) is 6.86. The molecular formula is C32H31N3O3S. The molecule has 2 N–H and O–H groups in total. The molecule has 2 aliphatic heterocycles. The highest BCUT2D eigenvalue weighted by Gasteiger charge is 2.45. The number of hydrogen-bond acceptors (Lipinski definition) is 3.